The molecule has 0 saturated heterocycles. The van der Waals surface area contributed by atoms with Crippen LogP contribution in [0.15, 0.2) is 30.3 Å². The van der Waals surface area contributed by atoms with Gasteiger partial charge in [0.2, 0.25) is 0 Å². The fourth-order valence-corrected chi connectivity index (χ4v) is 2.87. The molecule has 0 amide bonds. The highest BCUT2D eigenvalue weighted by Gasteiger charge is 2.35. The van der Waals surface area contributed by atoms with Crippen LogP contribution < -0.4 is 4.74 Å². The third kappa shape index (κ3) is 2.90. The lowest BCUT2D eigenvalue weighted by Gasteiger charge is -2.23. The van der Waals surface area contributed by atoms with Crippen LogP contribution in [0.2, 0.25) is 0 Å². The lowest BCUT2D eigenvalue weighted by Crippen LogP contribution is -2.24. The Morgan fingerprint density at radius 1 is 1.04 bits per heavy atom. The lowest BCUT2D eigenvalue weighted by atomic mass is 9.82. The highest BCUT2D eigenvalue weighted by Crippen LogP contribution is 2.40. The second kappa shape index (κ2) is 6.66. The Morgan fingerprint density at radius 2 is 1.64 bits per heavy atom. The van der Waals surface area contributed by atoms with E-state index in [0.717, 1.165) is 0 Å². The van der Waals surface area contributed by atoms with Crippen molar-refractivity contribution in [2.45, 2.75) is 6.61 Å². The van der Waals surface area contributed by atoms with Crippen molar-refractivity contribution in [2.75, 3.05) is 27.2 Å². The van der Waals surface area contributed by atoms with Crippen molar-refractivity contribution in [3.8, 4) is 11.5 Å². The van der Waals surface area contributed by atoms with Crippen LogP contribution in [-0.2, 0) is 6.61 Å². The first kappa shape index (κ1) is 17.1. The molecule has 1 aliphatic rings. The predicted molar refractivity (Wildman–Crippen MR) is 91.4 cm³/mol. The number of aliphatic hydroxyl groups is 1. The van der Waals surface area contributed by atoms with E-state index in [1.165, 1.54) is 6.07 Å². The third-order valence-electron chi connectivity index (χ3n) is 4.18. The maximum Gasteiger partial charge on any atom is 0.198 e. The maximum absolute atomic E-state index is 12.9. The zero-order valence-corrected chi connectivity index (χ0v) is 14.1. The van der Waals surface area contributed by atoms with E-state index in [-0.39, 0.29) is 45.1 Å². The first-order valence-corrected chi connectivity index (χ1v) is 7.91. The first-order valence-electron chi connectivity index (χ1n) is 7.91. The van der Waals surface area contributed by atoms with Crippen molar-refractivity contribution >= 4 is 11.6 Å². The number of likely N-dealkylation sites (N-methyl/N-ethyl adjacent to an activating group) is 1. The van der Waals surface area contributed by atoms with Crippen molar-refractivity contribution in [2.24, 2.45) is 0 Å². The van der Waals surface area contributed by atoms with Gasteiger partial charge in [0.1, 0.15) is 18.1 Å². The molecule has 0 spiro atoms. The van der Waals surface area contributed by atoms with Crippen LogP contribution >= 0.6 is 0 Å². The van der Waals surface area contributed by atoms with Crippen molar-refractivity contribution in [1.82, 2.24) is 4.90 Å². The van der Waals surface area contributed by atoms with Crippen molar-refractivity contribution < 1.29 is 24.5 Å². The van der Waals surface area contributed by atoms with Gasteiger partial charge in [-0.3, -0.25) is 9.59 Å². The average molecular weight is 341 g/mol. The Hall–Kier alpha value is -2.70. The Bertz CT molecular complexity index is 857. The van der Waals surface area contributed by atoms with Crippen LogP contribution in [-0.4, -0.2) is 53.9 Å². The minimum absolute atomic E-state index is 0.0529. The number of benzene rings is 2. The fourth-order valence-electron chi connectivity index (χ4n) is 2.87. The zero-order valence-electron chi connectivity index (χ0n) is 14.1. The van der Waals surface area contributed by atoms with Gasteiger partial charge < -0.3 is 19.8 Å². The van der Waals surface area contributed by atoms with Crippen molar-refractivity contribution in [3.63, 3.8) is 0 Å². The summed E-state index contributed by atoms with van der Waals surface area (Å²) in [6, 6.07) is 7.90. The molecule has 0 bridgehead atoms. The number of aliphatic hydroxyl groups excluding tert-OH is 1. The molecule has 25 heavy (non-hydrogen) atoms. The van der Waals surface area contributed by atoms with Gasteiger partial charge in [-0.15, -0.1) is 0 Å². The Kier molecular flexibility index (Phi) is 4.57. The number of rotatable bonds is 5. The molecule has 0 aliphatic heterocycles. The molecular formula is C19H19NO5. The van der Waals surface area contributed by atoms with Gasteiger partial charge in [0.15, 0.2) is 11.6 Å². The second-order valence-electron chi connectivity index (χ2n) is 6.15. The van der Waals surface area contributed by atoms with E-state index < -0.39 is 12.4 Å². The Morgan fingerprint density at radius 3 is 2.20 bits per heavy atom. The molecule has 0 saturated carbocycles. The maximum atomic E-state index is 12.9. The molecule has 0 radical (unpaired) electrons. The molecule has 0 heterocycles. The summed E-state index contributed by atoms with van der Waals surface area (Å²) in [6.45, 7) is 0.452. The van der Waals surface area contributed by atoms with Crippen molar-refractivity contribution in [3.05, 3.63) is 58.1 Å². The summed E-state index contributed by atoms with van der Waals surface area (Å²) in [4.78, 5) is 27.6. The smallest absolute Gasteiger partial charge is 0.198 e. The topological polar surface area (TPSA) is 87.1 Å². The molecule has 2 aromatic carbocycles. The summed E-state index contributed by atoms with van der Waals surface area (Å²) in [6.07, 6.45) is 0. The summed E-state index contributed by atoms with van der Waals surface area (Å²) in [7, 11) is 3.78. The molecule has 3 rings (SSSR count). The molecule has 130 valence electrons. The summed E-state index contributed by atoms with van der Waals surface area (Å²) >= 11 is 0. The molecule has 6 heteroatoms. The molecule has 2 N–H and O–H groups in total. The zero-order chi connectivity index (χ0) is 18.1. The van der Waals surface area contributed by atoms with Crippen LogP contribution in [0.3, 0.4) is 0 Å². The predicted octanol–water partition coefficient (Wildman–Crippen LogP) is 1.60. The van der Waals surface area contributed by atoms with Gasteiger partial charge in [-0.25, -0.2) is 0 Å². The van der Waals surface area contributed by atoms with Crippen LogP contribution in [0.5, 0.6) is 11.5 Å². The molecule has 0 unspecified atom stereocenters. The first-order chi connectivity index (χ1) is 12.0. The molecule has 1 aliphatic carbocycles. The minimum atomic E-state index is -0.466. The summed E-state index contributed by atoms with van der Waals surface area (Å²) in [5.74, 6) is -0.989. The van der Waals surface area contributed by atoms with E-state index in [9.17, 15) is 19.8 Å². The van der Waals surface area contributed by atoms with Gasteiger partial charge in [0.25, 0.3) is 0 Å². The van der Waals surface area contributed by atoms with E-state index in [4.69, 9.17) is 4.74 Å². The van der Waals surface area contributed by atoms with Gasteiger partial charge in [-0.05, 0) is 20.2 Å². The number of hydrogen-bond donors (Lipinski definition) is 2. The highest BCUT2D eigenvalue weighted by molar-refractivity contribution is 6.30. The van der Waals surface area contributed by atoms with Crippen LogP contribution in [0.4, 0.5) is 0 Å². The molecule has 0 aromatic heterocycles. The number of ether oxygens (including phenoxy) is 1. The van der Waals surface area contributed by atoms with E-state index in [2.05, 4.69) is 0 Å². The van der Waals surface area contributed by atoms with Gasteiger partial charge >= 0.3 is 0 Å². The van der Waals surface area contributed by atoms with Gasteiger partial charge in [-0.1, -0.05) is 24.3 Å². The number of carbonyl (C=O) groups is 2. The Labute approximate surface area is 145 Å². The molecule has 0 fully saturated rings. The van der Waals surface area contributed by atoms with Gasteiger partial charge in [-0.2, -0.15) is 0 Å². The fraction of sp³-hybridized carbons (Fsp3) is 0.263. The Balaban J connectivity index is 2.16. The standard InChI is InChI=1S/C19H19NO5/c1-20(2)7-8-25-14-9-11(10-21)17(22)16-15(14)18(23)12-5-3-4-6-13(12)19(16)24/h3-6,9,21-22H,7-8,10H2,1-2H3. The molecule has 6 nitrogen and oxygen atoms in total. The largest absolute Gasteiger partial charge is 0.507 e. The normalized spacial score (nSPS) is 13.0. The molecule has 0 atom stereocenters. The number of ketones is 2. The third-order valence-corrected chi connectivity index (χ3v) is 4.18. The number of fused-ring (bicyclic) bond motifs is 2. The van der Waals surface area contributed by atoms with Gasteiger partial charge in [0.05, 0.1) is 17.7 Å². The van der Waals surface area contributed by atoms with E-state index in [1.54, 1.807) is 24.3 Å². The van der Waals surface area contributed by atoms with Crippen molar-refractivity contribution in [1.29, 1.82) is 0 Å². The number of carbonyl (C=O) groups excluding carboxylic acids is 2. The number of aromatic hydroxyl groups is 1. The summed E-state index contributed by atoms with van der Waals surface area (Å²) in [5, 5.41) is 19.9. The van der Waals surface area contributed by atoms with E-state index in [1.807, 2.05) is 19.0 Å². The quantitative estimate of drug-likeness (QED) is 0.733. The average Bonchev–Trinajstić information content (AvgIpc) is 2.60. The summed E-state index contributed by atoms with van der Waals surface area (Å²) < 4.78 is 5.71. The number of hydrogen-bond acceptors (Lipinski definition) is 6. The lowest BCUT2D eigenvalue weighted by molar-refractivity contribution is 0.0972. The molecular weight excluding hydrogens is 322 g/mol. The minimum Gasteiger partial charge on any atom is -0.507 e. The number of nitrogens with zero attached hydrogens (tertiary/aromatic N) is 1. The van der Waals surface area contributed by atoms with E-state index in [0.29, 0.717) is 13.2 Å². The number of phenols is 1. The molecule has 2 aromatic rings. The van der Waals surface area contributed by atoms with Gasteiger partial charge in [0, 0.05) is 23.2 Å². The second-order valence-corrected chi connectivity index (χ2v) is 6.15. The summed E-state index contributed by atoms with van der Waals surface area (Å²) in [5.41, 5.74) is 0.629. The van der Waals surface area contributed by atoms with Crippen LogP contribution in [0, 0.1) is 0 Å². The highest BCUT2D eigenvalue weighted by atomic mass is 16.5. The SMILES string of the molecule is CN(C)CCOc1cc(CO)c(O)c2c1C(=O)c1ccccc1C2=O. The van der Waals surface area contributed by atoms with E-state index >= 15 is 0 Å². The monoisotopic (exact) mass is 341 g/mol. The van der Waals surface area contributed by atoms with Crippen LogP contribution in [0.25, 0.3) is 0 Å². The van der Waals surface area contributed by atoms with Crippen LogP contribution in [0.1, 0.15) is 37.4 Å².